The van der Waals surface area contributed by atoms with Crippen molar-refractivity contribution in [1.29, 1.82) is 0 Å². The lowest BCUT2D eigenvalue weighted by Gasteiger charge is -2.37. The maximum atomic E-state index is 2.68. The van der Waals surface area contributed by atoms with Gasteiger partial charge in [-0.3, -0.25) is 9.80 Å². The van der Waals surface area contributed by atoms with E-state index >= 15 is 0 Å². The van der Waals surface area contributed by atoms with Crippen molar-refractivity contribution in [3.8, 4) is 11.1 Å². The molecule has 2 aliphatic rings. The zero-order valence-electron chi connectivity index (χ0n) is 14.0. The molecule has 0 radical (unpaired) electrons. The minimum atomic E-state index is 0.809. The van der Waals surface area contributed by atoms with Crippen LogP contribution in [0.2, 0.25) is 0 Å². The maximum absolute atomic E-state index is 2.68. The van der Waals surface area contributed by atoms with Crippen LogP contribution in [0.3, 0.4) is 0 Å². The highest BCUT2D eigenvalue weighted by molar-refractivity contribution is 5.67. The van der Waals surface area contributed by atoms with E-state index in [-0.39, 0.29) is 0 Å². The summed E-state index contributed by atoms with van der Waals surface area (Å²) in [5.74, 6) is 0. The first-order valence-electron chi connectivity index (χ1n) is 8.91. The summed E-state index contributed by atoms with van der Waals surface area (Å²) in [7, 11) is 0. The highest BCUT2D eigenvalue weighted by atomic mass is 15.3. The number of hydrogen-bond donors (Lipinski definition) is 0. The average molecular weight is 306 g/mol. The van der Waals surface area contributed by atoms with Crippen LogP contribution >= 0.6 is 0 Å². The molecule has 0 aromatic heterocycles. The van der Waals surface area contributed by atoms with Crippen LogP contribution in [-0.2, 0) is 6.54 Å². The Bertz CT molecular complexity index is 679. The molecule has 2 heteroatoms. The molecule has 120 valence electrons. The Labute approximate surface area is 139 Å². The molecule has 2 aromatic rings. The fourth-order valence-electron chi connectivity index (χ4n) is 4.19. The van der Waals surface area contributed by atoms with Crippen molar-refractivity contribution in [2.75, 3.05) is 26.2 Å². The third kappa shape index (κ3) is 3.19. The Hall–Kier alpha value is -1.64. The quantitative estimate of drug-likeness (QED) is 0.847. The van der Waals surface area contributed by atoms with Gasteiger partial charge in [-0.05, 0) is 54.6 Å². The van der Waals surface area contributed by atoms with Crippen LogP contribution < -0.4 is 0 Å². The number of hydrogen-bond acceptors (Lipinski definition) is 2. The molecule has 2 saturated heterocycles. The topological polar surface area (TPSA) is 6.48 Å². The van der Waals surface area contributed by atoms with E-state index < -0.39 is 0 Å². The van der Waals surface area contributed by atoms with Gasteiger partial charge in [0.05, 0.1) is 0 Å². The average Bonchev–Trinajstić information content (AvgIpc) is 3.03. The van der Waals surface area contributed by atoms with Gasteiger partial charge in [0.1, 0.15) is 0 Å². The Morgan fingerprint density at radius 1 is 1.00 bits per heavy atom. The van der Waals surface area contributed by atoms with Crippen LogP contribution in [0, 0.1) is 6.92 Å². The van der Waals surface area contributed by atoms with Crippen molar-refractivity contribution >= 4 is 0 Å². The maximum Gasteiger partial charge on any atom is 0.0235 e. The summed E-state index contributed by atoms with van der Waals surface area (Å²) < 4.78 is 0. The fourth-order valence-corrected chi connectivity index (χ4v) is 4.19. The smallest absolute Gasteiger partial charge is 0.0235 e. The van der Waals surface area contributed by atoms with Crippen LogP contribution in [0.15, 0.2) is 48.5 Å². The molecule has 2 aliphatic heterocycles. The van der Waals surface area contributed by atoms with Crippen LogP contribution in [0.25, 0.3) is 11.1 Å². The molecule has 2 heterocycles. The van der Waals surface area contributed by atoms with Crippen molar-refractivity contribution in [3.63, 3.8) is 0 Å². The highest BCUT2D eigenvalue weighted by Gasteiger charge is 2.30. The highest BCUT2D eigenvalue weighted by Crippen LogP contribution is 2.26. The van der Waals surface area contributed by atoms with Crippen LogP contribution in [0.1, 0.15) is 24.0 Å². The van der Waals surface area contributed by atoms with E-state index in [9.17, 15) is 0 Å². The molecule has 0 saturated carbocycles. The summed E-state index contributed by atoms with van der Waals surface area (Å²) in [6.07, 6.45) is 2.78. The fraction of sp³-hybridized carbons (Fsp3) is 0.429. The van der Waals surface area contributed by atoms with Crippen molar-refractivity contribution in [2.24, 2.45) is 0 Å². The predicted molar refractivity (Wildman–Crippen MR) is 96.5 cm³/mol. The second-order valence-corrected chi connectivity index (χ2v) is 7.08. The summed E-state index contributed by atoms with van der Waals surface area (Å²) in [5, 5.41) is 0. The normalized spacial score (nSPS) is 22.2. The summed E-state index contributed by atoms with van der Waals surface area (Å²) in [6, 6.07) is 18.6. The van der Waals surface area contributed by atoms with E-state index in [0.717, 1.165) is 12.6 Å². The molecule has 4 rings (SSSR count). The molecular formula is C21H26N2. The van der Waals surface area contributed by atoms with Crippen molar-refractivity contribution < 1.29 is 0 Å². The van der Waals surface area contributed by atoms with Gasteiger partial charge in [0.25, 0.3) is 0 Å². The van der Waals surface area contributed by atoms with Gasteiger partial charge >= 0.3 is 0 Å². The number of nitrogens with zero attached hydrogens (tertiary/aromatic N) is 2. The number of piperazine rings is 1. The Morgan fingerprint density at radius 3 is 2.83 bits per heavy atom. The van der Waals surface area contributed by atoms with Gasteiger partial charge in [0, 0.05) is 32.2 Å². The van der Waals surface area contributed by atoms with Crippen LogP contribution in [0.4, 0.5) is 0 Å². The molecule has 0 bridgehead atoms. The monoisotopic (exact) mass is 306 g/mol. The third-order valence-electron chi connectivity index (χ3n) is 5.46. The Balaban J connectivity index is 1.50. The van der Waals surface area contributed by atoms with Gasteiger partial charge in [-0.1, -0.05) is 42.5 Å². The predicted octanol–water partition coefficient (Wildman–Crippen LogP) is 3.94. The number of aryl methyl sites for hydroxylation is 1. The minimum absolute atomic E-state index is 0.809. The molecule has 23 heavy (non-hydrogen) atoms. The van der Waals surface area contributed by atoms with Crippen LogP contribution in [-0.4, -0.2) is 42.0 Å². The number of benzene rings is 2. The van der Waals surface area contributed by atoms with E-state index in [2.05, 4.69) is 65.3 Å². The van der Waals surface area contributed by atoms with Crippen LogP contribution in [0.5, 0.6) is 0 Å². The van der Waals surface area contributed by atoms with Gasteiger partial charge in [-0.2, -0.15) is 0 Å². The van der Waals surface area contributed by atoms with Gasteiger partial charge in [0.2, 0.25) is 0 Å². The summed E-state index contributed by atoms with van der Waals surface area (Å²) in [6.45, 7) is 8.31. The van der Waals surface area contributed by atoms with Crippen molar-refractivity contribution in [1.82, 2.24) is 9.80 Å². The Morgan fingerprint density at radius 2 is 1.91 bits per heavy atom. The molecule has 2 fully saturated rings. The summed E-state index contributed by atoms with van der Waals surface area (Å²) >= 11 is 0. The van der Waals surface area contributed by atoms with Gasteiger partial charge in [-0.25, -0.2) is 0 Å². The lowest BCUT2D eigenvalue weighted by molar-refractivity contribution is 0.0994. The SMILES string of the molecule is Cc1ccccc1-c1cccc(CN2CCN3CCC[C@@H]3C2)c1. The molecule has 0 unspecified atom stereocenters. The number of rotatable bonds is 3. The molecule has 2 aromatic carbocycles. The first-order valence-corrected chi connectivity index (χ1v) is 8.91. The molecule has 0 amide bonds. The summed E-state index contributed by atoms with van der Waals surface area (Å²) in [5.41, 5.74) is 5.50. The largest absolute Gasteiger partial charge is 0.298 e. The zero-order valence-corrected chi connectivity index (χ0v) is 14.0. The number of fused-ring (bicyclic) bond motifs is 1. The van der Waals surface area contributed by atoms with E-state index in [4.69, 9.17) is 0 Å². The standard InChI is InChI=1S/C21H26N2/c1-17-6-2-3-10-21(17)19-8-4-7-18(14-19)15-22-12-13-23-11-5-9-20(23)16-22/h2-4,6-8,10,14,20H,5,9,11-13,15-16H2,1H3/t20-/m1/s1. The third-order valence-corrected chi connectivity index (χ3v) is 5.46. The van der Waals surface area contributed by atoms with E-state index in [1.165, 1.54) is 61.3 Å². The molecule has 1 atom stereocenters. The van der Waals surface area contributed by atoms with E-state index in [1.54, 1.807) is 0 Å². The van der Waals surface area contributed by atoms with E-state index in [0.29, 0.717) is 0 Å². The van der Waals surface area contributed by atoms with Gasteiger partial charge < -0.3 is 0 Å². The van der Waals surface area contributed by atoms with Gasteiger partial charge in [0.15, 0.2) is 0 Å². The molecular weight excluding hydrogens is 280 g/mol. The Kier molecular flexibility index (Phi) is 4.19. The van der Waals surface area contributed by atoms with Crippen molar-refractivity contribution in [2.45, 2.75) is 32.4 Å². The lowest BCUT2D eigenvalue weighted by atomic mass is 9.98. The van der Waals surface area contributed by atoms with Crippen molar-refractivity contribution in [3.05, 3.63) is 59.7 Å². The minimum Gasteiger partial charge on any atom is -0.298 e. The molecule has 0 N–H and O–H groups in total. The molecule has 0 spiro atoms. The van der Waals surface area contributed by atoms with E-state index in [1.807, 2.05) is 0 Å². The zero-order chi connectivity index (χ0) is 15.6. The lowest BCUT2D eigenvalue weighted by Crippen LogP contribution is -2.49. The first-order chi connectivity index (χ1) is 11.3. The summed E-state index contributed by atoms with van der Waals surface area (Å²) in [4.78, 5) is 5.32. The van der Waals surface area contributed by atoms with Gasteiger partial charge in [-0.15, -0.1) is 0 Å². The molecule has 2 nitrogen and oxygen atoms in total. The second kappa shape index (κ2) is 6.46. The first kappa shape index (κ1) is 14.9. The second-order valence-electron chi connectivity index (χ2n) is 7.08. The molecule has 0 aliphatic carbocycles.